The van der Waals surface area contributed by atoms with Crippen molar-refractivity contribution in [1.82, 2.24) is 0 Å². The minimum absolute atomic E-state index is 0.00486. The molecule has 7 nitrogen and oxygen atoms in total. The number of rotatable bonds is 7. The van der Waals surface area contributed by atoms with Crippen molar-refractivity contribution in [3.8, 4) is 11.5 Å². The first kappa shape index (κ1) is 19.1. The SMILES string of the molecule is C=C(C)C(=O)Oc1ccc(C[C@H](N)C(=O)O)cc1OC(=O)C(=C)C. The number of carbonyl (C=O) groups is 3. The number of hydrogen-bond donors (Lipinski definition) is 2. The van der Waals surface area contributed by atoms with Gasteiger partial charge in [-0.25, -0.2) is 9.59 Å². The standard InChI is InChI=1S/C17H19NO6/c1-9(2)16(21)23-13-6-5-11(7-12(18)15(19)20)8-14(13)24-17(22)10(3)4/h5-6,8,12H,1,3,7,18H2,2,4H3,(H,19,20)/t12-/m0/s1. The Kier molecular flexibility index (Phi) is 6.43. The summed E-state index contributed by atoms with van der Waals surface area (Å²) in [6, 6.07) is 3.21. The molecule has 1 rings (SSSR count). The summed E-state index contributed by atoms with van der Waals surface area (Å²) in [6.07, 6.45) is 0.0155. The minimum Gasteiger partial charge on any atom is -0.480 e. The second-order valence-corrected chi connectivity index (χ2v) is 5.27. The summed E-state index contributed by atoms with van der Waals surface area (Å²) in [5.74, 6) is -2.58. The third-order valence-electron chi connectivity index (χ3n) is 2.88. The highest BCUT2D eigenvalue weighted by atomic mass is 16.6. The van der Waals surface area contributed by atoms with E-state index in [4.69, 9.17) is 20.3 Å². The molecule has 7 heteroatoms. The normalized spacial score (nSPS) is 11.3. The van der Waals surface area contributed by atoms with E-state index in [2.05, 4.69) is 13.2 Å². The molecule has 0 unspecified atom stereocenters. The van der Waals surface area contributed by atoms with Gasteiger partial charge in [0.05, 0.1) is 0 Å². The molecular formula is C17H19NO6. The maximum absolute atomic E-state index is 11.7. The van der Waals surface area contributed by atoms with Crippen LogP contribution in [0.25, 0.3) is 0 Å². The largest absolute Gasteiger partial charge is 0.480 e. The lowest BCUT2D eigenvalue weighted by Gasteiger charge is -2.13. The van der Waals surface area contributed by atoms with Crippen LogP contribution in [0.4, 0.5) is 0 Å². The third kappa shape index (κ3) is 5.36. The van der Waals surface area contributed by atoms with E-state index in [0.29, 0.717) is 5.56 Å². The van der Waals surface area contributed by atoms with Crippen LogP contribution in [0.3, 0.4) is 0 Å². The van der Waals surface area contributed by atoms with Gasteiger partial charge in [-0.05, 0) is 38.0 Å². The Morgan fingerprint density at radius 2 is 1.58 bits per heavy atom. The monoisotopic (exact) mass is 333 g/mol. The molecule has 0 fully saturated rings. The molecule has 1 aromatic rings. The van der Waals surface area contributed by atoms with E-state index < -0.39 is 23.9 Å². The zero-order valence-electron chi connectivity index (χ0n) is 13.5. The van der Waals surface area contributed by atoms with Crippen molar-refractivity contribution in [2.75, 3.05) is 0 Å². The molecule has 0 spiro atoms. The lowest BCUT2D eigenvalue weighted by Crippen LogP contribution is -2.32. The van der Waals surface area contributed by atoms with Crippen molar-refractivity contribution < 1.29 is 29.0 Å². The average molecular weight is 333 g/mol. The maximum atomic E-state index is 11.7. The predicted octanol–water partition coefficient (Wildman–Crippen LogP) is 1.60. The van der Waals surface area contributed by atoms with Crippen LogP contribution in [0.2, 0.25) is 0 Å². The van der Waals surface area contributed by atoms with Crippen LogP contribution in [-0.2, 0) is 20.8 Å². The van der Waals surface area contributed by atoms with Crippen LogP contribution in [0.1, 0.15) is 19.4 Å². The first-order valence-corrected chi connectivity index (χ1v) is 6.98. The summed E-state index contributed by atoms with van der Waals surface area (Å²) in [7, 11) is 0. The molecule has 0 bridgehead atoms. The fourth-order valence-electron chi connectivity index (χ4n) is 1.56. The number of benzene rings is 1. The second kappa shape index (κ2) is 8.07. The van der Waals surface area contributed by atoms with Gasteiger partial charge in [0.1, 0.15) is 6.04 Å². The molecule has 3 N–H and O–H groups in total. The smallest absolute Gasteiger partial charge is 0.338 e. The molecule has 0 heterocycles. The fourth-order valence-corrected chi connectivity index (χ4v) is 1.56. The Labute approximate surface area is 139 Å². The van der Waals surface area contributed by atoms with Gasteiger partial charge < -0.3 is 20.3 Å². The topological polar surface area (TPSA) is 116 Å². The van der Waals surface area contributed by atoms with Gasteiger partial charge in [-0.15, -0.1) is 0 Å². The fraction of sp³-hybridized carbons (Fsp3) is 0.235. The quantitative estimate of drug-likeness (QED) is 0.442. The van der Waals surface area contributed by atoms with Crippen LogP contribution in [-0.4, -0.2) is 29.1 Å². The molecule has 0 aromatic heterocycles. The van der Waals surface area contributed by atoms with Gasteiger partial charge in [0.25, 0.3) is 0 Å². The number of aliphatic carboxylic acids is 1. The Balaban J connectivity index is 3.15. The number of carboxylic acids is 1. The average Bonchev–Trinajstić information content (AvgIpc) is 2.49. The highest BCUT2D eigenvalue weighted by Gasteiger charge is 2.18. The van der Waals surface area contributed by atoms with Crippen molar-refractivity contribution in [2.45, 2.75) is 26.3 Å². The zero-order chi connectivity index (χ0) is 18.4. The Hall–Kier alpha value is -2.93. The van der Waals surface area contributed by atoms with Crippen molar-refractivity contribution in [3.63, 3.8) is 0 Å². The predicted molar refractivity (Wildman–Crippen MR) is 86.7 cm³/mol. The molecule has 0 aliphatic carbocycles. The Bertz CT molecular complexity index is 707. The maximum Gasteiger partial charge on any atom is 0.338 e. The molecule has 1 atom stereocenters. The van der Waals surface area contributed by atoms with Crippen LogP contribution in [0.15, 0.2) is 42.5 Å². The van der Waals surface area contributed by atoms with Gasteiger partial charge in [-0.2, -0.15) is 0 Å². The minimum atomic E-state index is -1.16. The van der Waals surface area contributed by atoms with Gasteiger partial charge in [0.2, 0.25) is 0 Å². The lowest BCUT2D eigenvalue weighted by atomic mass is 10.1. The Morgan fingerprint density at radius 1 is 1.08 bits per heavy atom. The third-order valence-corrected chi connectivity index (χ3v) is 2.88. The summed E-state index contributed by atoms with van der Waals surface area (Å²) in [6.45, 7) is 9.88. The van der Waals surface area contributed by atoms with E-state index in [0.717, 1.165) is 0 Å². The molecule has 1 aromatic carbocycles. The lowest BCUT2D eigenvalue weighted by molar-refractivity contribution is -0.138. The molecule has 0 amide bonds. The number of ether oxygens (including phenoxy) is 2. The van der Waals surface area contributed by atoms with Gasteiger partial charge in [-0.3, -0.25) is 4.79 Å². The highest BCUT2D eigenvalue weighted by Crippen LogP contribution is 2.30. The summed E-state index contributed by atoms with van der Waals surface area (Å²) >= 11 is 0. The molecule has 0 radical (unpaired) electrons. The summed E-state index contributed by atoms with van der Waals surface area (Å²) in [4.78, 5) is 34.2. The zero-order valence-corrected chi connectivity index (χ0v) is 13.5. The number of carbonyl (C=O) groups excluding carboxylic acids is 2. The van der Waals surface area contributed by atoms with Crippen molar-refractivity contribution in [1.29, 1.82) is 0 Å². The van der Waals surface area contributed by atoms with Crippen LogP contribution < -0.4 is 15.2 Å². The molecule has 0 saturated carbocycles. The van der Waals surface area contributed by atoms with Gasteiger partial charge in [0, 0.05) is 11.1 Å². The number of esters is 2. The van der Waals surface area contributed by atoms with Crippen molar-refractivity contribution in [2.24, 2.45) is 5.73 Å². The van der Waals surface area contributed by atoms with E-state index in [1.165, 1.54) is 32.0 Å². The Morgan fingerprint density at radius 3 is 2.04 bits per heavy atom. The van der Waals surface area contributed by atoms with E-state index in [1.807, 2.05) is 0 Å². The number of hydrogen-bond acceptors (Lipinski definition) is 6. The molecule has 0 saturated heterocycles. The van der Waals surface area contributed by atoms with Gasteiger partial charge in [-0.1, -0.05) is 19.2 Å². The van der Waals surface area contributed by atoms with E-state index in [1.54, 1.807) is 0 Å². The number of carboxylic acid groups (broad SMARTS) is 1. The van der Waals surface area contributed by atoms with E-state index in [9.17, 15) is 14.4 Å². The molecule has 0 aliphatic rings. The van der Waals surface area contributed by atoms with E-state index >= 15 is 0 Å². The van der Waals surface area contributed by atoms with Crippen molar-refractivity contribution >= 4 is 17.9 Å². The van der Waals surface area contributed by atoms with Crippen LogP contribution in [0.5, 0.6) is 11.5 Å². The number of nitrogens with two attached hydrogens (primary N) is 1. The summed E-state index contributed by atoms with van der Waals surface area (Å²) in [5.41, 5.74) is 6.32. The van der Waals surface area contributed by atoms with Gasteiger partial charge in [0.15, 0.2) is 11.5 Å². The summed E-state index contributed by atoms with van der Waals surface area (Å²) in [5, 5.41) is 8.86. The highest BCUT2D eigenvalue weighted by molar-refractivity contribution is 5.91. The second-order valence-electron chi connectivity index (χ2n) is 5.27. The van der Waals surface area contributed by atoms with Gasteiger partial charge >= 0.3 is 17.9 Å². The molecule has 24 heavy (non-hydrogen) atoms. The van der Waals surface area contributed by atoms with Crippen LogP contribution in [0, 0.1) is 0 Å². The molecule has 0 aliphatic heterocycles. The van der Waals surface area contributed by atoms with Crippen molar-refractivity contribution in [3.05, 3.63) is 48.1 Å². The van der Waals surface area contributed by atoms with E-state index in [-0.39, 0.29) is 29.1 Å². The molecular weight excluding hydrogens is 314 g/mol. The first-order chi connectivity index (χ1) is 11.1. The first-order valence-electron chi connectivity index (χ1n) is 6.98. The summed E-state index contributed by atoms with van der Waals surface area (Å²) < 4.78 is 10.2. The molecule has 128 valence electrons. The van der Waals surface area contributed by atoms with Crippen LogP contribution >= 0.6 is 0 Å².